The Balaban J connectivity index is 2.46. The number of likely N-dealkylation sites (N-methyl/N-ethyl adjacent to an activating group) is 1. The molecule has 1 amide bonds. The van der Waals surface area contributed by atoms with E-state index in [2.05, 4.69) is 5.32 Å². The molecule has 5 nitrogen and oxygen atoms in total. The van der Waals surface area contributed by atoms with Crippen molar-refractivity contribution in [3.63, 3.8) is 0 Å². The molecule has 0 aliphatic heterocycles. The lowest BCUT2D eigenvalue weighted by atomic mass is 10.2. The van der Waals surface area contributed by atoms with Gasteiger partial charge in [-0.25, -0.2) is 0 Å². The first-order valence-electron chi connectivity index (χ1n) is 6.65. The highest BCUT2D eigenvalue weighted by Gasteiger charge is 2.11. The Morgan fingerprint density at radius 1 is 1.35 bits per heavy atom. The van der Waals surface area contributed by atoms with Crippen LogP contribution in [0.15, 0.2) is 24.3 Å². The van der Waals surface area contributed by atoms with Crippen molar-refractivity contribution in [2.24, 2.45) is 0 Å². The SMILES string of the molecule is COC[C@@H](C)NC(=O)CN(C)Cc1ccccc1OC. The molecule has 0 fully saturated rings. The van der Waals surface area contributed by atoms with E-state index in [1.165, 1.54) is 0 Å². The van der Waals surface area contributed by atoms with Crippen LogP contribution >= 0.6 is 0 Å². The van der Waals surface area contributed by atoms with Crippen molar-refractivity contribution in [2.75, 3.05) is 34.4 Å². The molecule has 0 unspecified atom stereocenters. The van der Waals surface area contributed by atoms with E-state index in [9.17, 15) is 4.79 Å². The van der Waals surface area contributed by atoms with Crippen LogP contribution in [-0.2, 0) is 16.1 Å². The maximum absolute atomic E-state index is 11.8. The second kappa shape index (κ2) is 8.55. The van der Waals surface area contributed by atoms with Crippen LogP contribution in [0.4, 0.5) is 0 Å². The first-order chi connectivity index (χ1) is 9.56. The van der Waals surface area contributed by atoms with Gasteiger partial charge in [0.2, 0.25) is 5.91 Å². The molecule has 0 saturated carbocycles. The summed E-state index contributed by atoms with van der Waals surface area (Å²) < 4.78 is 10.3. The minimum Gasteiger partial charge on any atom is -0.496 e. The maximum Gasteiger partial charge on any atom is 0.234 e. The van der Waals surface area contributed by atoms with Crippen LogP contribution in [0.5, 0.6) is 5.75 Å². The van der Waals surface area contributed by atoms with Gasteiger partial charge in [0.25, 0.3) is 0 Å². The molecule has 1 rings (SSSR count). The summed E-state index contributed by atoms with van der Waals surface area (Å²) in [4.78, 5) is 13.8. The quantitative estimate of drug-likeness (QED) is 0.779. The minimum atomic E-state index is -0.00746. The van der Waals surface area contributed by atoms with Crippen molar-refractivity contribution in [1.82, 2.24) is 10.2 Å². The van der Waals surface area contributed by atoms with Crippen LogP contribution in [0, 0.1) is 0 Å². The van der Waals surface area contributed by atoms with Crippen LogP contribution in [0.3, 0.4) is 0 Å². The molecule has 0 spiro atoms. The molecular weight excluding hydrogens is 256 g/mol. The molecule has 1 aromatic rings. The fraction of sp³-hybridized carbons (Fsp3) is 0.533. The number of rotatable bonds is 8. The lowest BCUT2D eigenvalue weighted by Gasteiger charge is -2.19. The van der Waals surface area contributed by atoms with Crippen molar-refractivity contribution in [2.45, 2.75) is 19.5 Å². The molecule has 0 aliphatic rings. The number of hydrogen-bond donors (Lipinski definition) is 1. The summed E-state index contributed by atoms with van der Waals surface area (Å²) in [5, 5.41) is 2.89. The summed E-state index contributed by atoms with van der Waals surface area (Å²) >= 11 is 0. The van der Waals surface area contributed by atoms with Gasteiger partial charge < -0.3 is 14.8 Å². The van der Waals surface area contributed by atoms with Gasteiger partial charge >= 0.3 is 0 Å². The highest BCUT2D eigenvalue weighted by atomic mass is 16.5. The van der Waals surface area contributed by atoms with Gasteiger partial charge in [0.15, 0.2) is 0 Å². The monoisotopic (exact) mass is 280 g/mol. The Hall–Kier alpha value is -1.59. The maximum atomic E-state index is 11.8. The number of hydrogen-bond acceptors (Lipinski definition) is 4. The number of nitrogens with zero attached hydrogens (tertiary/aromatic N) is 1. The highest BCUT2D eigenvalue weighted by molar-refractivity contribution is 5.78. The molecular formula is C15H24N2O3. The van der Waals surface area contributed by atoms with Crippen molar-refractivity contribution in [1.29, 1.82) is 0 Å². The van der Waals surface area contributed by atoms with Crippen molar-refractivity contribution in [3.05, 3.63) is 29.8 Å². The zero-order chi connectivity index (χ0) is 15.0. The Morgan fingerprint density at radius 2 is 2.05 bits per heavy atom. The van der Waals surface area contributed by atoms with Crippen LogP contribution in [0.25, 0.3) is 0 Å². The molecule has 5 heteroatoms. The normalized spacial score (nSPS) is 12.2. The average Bonchev–Trinajstić information content (AvgIpc) is 2.39. The van der Waals surface area contributed by atoms with E-state index in [0.717, 1.165) is 11.3 Å². The zero-order valence-electron chi connectivity index (χ0n) is 12.7. The fourth-order valence-corrected chi connectivity index (χ4v) is 2.04. The molecule has 0 radical (unpaired) electrons. The summed E-state index contributed by atoms with van der Waals surface area (Å²) in [7, 11) is 5.18. The van der Waals surface area contributed by atoms with E-state index in [-0.39, 0.29) is 11.9 Å². The zero-order valence-corrected chi connectivity index (χ0v) is 12.7. The van der Waals surface area contributed by atoms with Crippen molar-refractivity contribution in [3.8, 4) is 5.75 Å². The number of methoxy groups -OCH3 is 2. The third-order valence-electron chi connectivity index (χ3n) is 2.87. The van der Waals surface area contributed by atoms with Crippen molar-refractivity contribution < 1.29 is 14.3 Å². The molecule has 0 bridgehead atoms. The topological polar surface area (TPSA) is 50.8 Å². The van der Waals surface area contributed by atoms with Crippen LogP contribution < -0.4 is 10.1 Å². The van der Waals surface area contributed by atoms with Crippen molar-refractivity contribution >= 4 is 5.91 Å². The summed E-state index contributed by atoms with van der Waals surface area (Å²) in [6.45, 7) is 3.44. The van der Waals surface area contributed by atoms with E-state index >= 15 is 0 Å². The van der Waals surface area contributed by atoms with E-state index in [4.69, 9.17) is 9.47 Å². The van der Waals surface area contributed by atoms with Gasteiger partial charge in [-0.3, -0.25) is 9.69 Å². The van der Waals surface area contributed by atoms with E-state index in [1.54, 1.807) is 14.2 Å². The van der Waals surface area contributed by atoms with Gasteiger partial charge in [0.05, 0.1) is 20.3 Å². The minimum absolute atomic E-state index is 0.00746. The van der Waals surface area contributed by atoms with E-state index < -0.39 is 0 Å². The lowest BCUT2D eigenvalue weighted by Crippen LogP contribution is -2.41. The number of carbonyl (C=O) groups is 1. The van der Waals surface area contributed by atoms with Gasteiger partial charge in [-0.05, 0) is 20.0 Å². The van der Waals surface area contributed by atoms with Crippen LogP contribution in [0.2, 0.25) is 0 Å². The Bertz CT molecular complexity index is 423. The van der Waals surface area contributed by atoms with Crippen LogP contribution in [-0.4, -0.2) is 51.3 Å². The lowest BCUT2D eigenvalue weighted by molar-refractivity contribution is -0.123. The number of benzene rings is 1. The molecule has 112 valence electrons. The Morgan fingerprint density at radius 3 is 2.70 bits per heavy atom. The molecule has 0 aromatic heterocycles. The number of carbonyl (C=O) groups excluding carboxylic acids is 1. The molecule has 1 aromatic carbocycles. The number of para-hydroxylation sites is 1. The molecule has 20 heavy (non-hydrogen) atoms. The van der Waals surface area contributed by atoms with Gasteiger partial charge in [0, 0.05) is 25.3 Å². The number of ether oxygens (including phenoxy) is 2. The standard InChI is InChI=1S/C15H24N2O3/c1-12(11-19-3)16-15(18)10-17(2)9-13-7-5-6-8-14(13)20-4/h5-8,12H,9-11H2,1-4H3,(H,16,18)/t12-/m1/s1. The van der Waals surface area contributed by atoms with Gasteiger partial charge in [-0.2, -0.15) is 0 Å². The first-order valence-corrected chi connectivity index (χ1v) is 6.65. The van der Waals surface area contributed by atoms with Gasteiger partial charge in [-0.15, -0.1) is 0 Å². The smallest absolute Gasteiger partial charge is 0.234 e. The predicted octanol–water partition coefficient (Wildman–Crippen LogP) is 1.28. The molecule has 0 aliphatic carbocycles. The summed E-state index contributed by atoms with van der Waals surface area (Å²) in [5.41, 5.74) is 1.07. The fourth-order valence-electron chi connectivity index (χ4n) is 2.04. The first kappa shape index (κ1) is 16.5. The molecule has 1 N–H and O–H groups in total. The molecule has 1 atom stereocenters. The summed E-state index contributed by atoms with van der Waals surface area (Å²) in [6.07, 6.45) is 0. The number of nitrogens with one attached hydrogen (secondary N) is 1. The third kappa shape index (κ3) is 5.59. The summed E-state index contributed by atoms with van der Waals surface area (Å²) in [6, 6.07) is 7.84. The molecule has 0 saturated heterocycles. The second-order valence-corrected chi connectivity index (χ2v) is 4.91. The Kier molecular flexibility index (Phi) is 7.04. The predicted molar refractivity (Wildman–Crippen MR) is 78.8 cm³/mol. The third-order valence-corrected chi connectivity index (χ3v) is 2.87. The number of amides is 1. The Labute approximate surface area is 120 Å². The summed E-state index contributed by atoms with van der Waals surface area (Å²) in [5.74, 6) is 0.833. The largest absolute Gasteiger partial charge is 0.496 e. The average molecular weight is 280 g/mol. The molecule has 0 heterocycles. The van der Waals surface area contributed by atoms with E-state index in [1.807, 2.05) is 43.1 Å². The van der Waals surface area contributed by atoms with E-state index in [0.29, 0.717) is 19.7 Å². The van der Waals surface area contributed by atoms with Gasteiger partial charge in [0.1, 0.15) is 5.75 Å². The highest BCUT2D eigenvalue weighted by Crippen LogP contribution is 2.18. The van der Waals surface area contributed by atoms with Crippen LogP contribution in [0.1, 0.15) is 12.5 Å². The second-order valence-electron chi connectivity index (χ2n) is 4.91. The van der Waals surface area contributed by atoms with Gasteiger partial charge in [-0.1, -0.05) is 18.2 Å².